The number of carbonyl (C=O) groups is 3. The molecule has 1 aromatic carbocycles. The third-order valence-corrected chi connectivity index (χ3v) is 6.76. The van der Waals surface area contributed by atoms with Gasteiger partial charge in [-0.2, -0.15) is 0 Å². The Morgan fingerprint density at radius 1 is 1.08 bits per heavy atom. The van der Waals surface area contributed by atoms with Crippen molar-refractivity contribution in [1.29, 1.82) is 0 Å². The monoisotopic (exact) mass is 371 g/mol. The summed E-state index contributed by atoms with van der Waals surface area (Å²) >= 11 is 6.05. The summed E-state index contributed by atoms with van der Waals surface area (Å²) in [5.74, 6) is -0.138. The molecule has 2 amide bonds. The molecule has 1 aromatic rings. The zero-order valence-corrected chi connectivity index (χ0v) is 14.8. The number of ether oxygens (including phenoxy) is 1. The number of allylic oxidation sites excluding steroid dienone is 2. The topological polar surface area (TPSA) is 63.7 Å². The lowest BCUT2D eigenvalue weighted by Gasteiger charge is -2.37. The van der Waals surface area contributed by atoms with Crippen LogP contribution in [0.3, 0.4) is 0 Å². The van der Waals surface area contributed by atoms with Crippen molar-refractivity contribution in [1.82, 2.24) is 4.90 Å². The molecule has 1 heterocycles. The minimum Gasteiger partial charge on any atom is -0.459 e. The Hall–Kier alpha value is -2.14. The van der Waals surface area contributed by atoms with Crippen LogP contribution in [0, 0.1) is 35.5 Å². The SMILES string of the molecule is O=C(CN1C(=O)[C@@H]2[C@@H]3C=C[C@H]([C@@H]4C[C@H]34)[C@@H]2C1=O)OCc1ccccc1Cl. The molecule has 4 aliphatic carbocycles. The Bertz CT molecular complexity index is 814. The Labute approximate surface area is 155 Å². The number of benzene rings is 1. The van der Waals surface area contributed by atoms with Gasteiger partial charge in [-0.3, -0.25) is 19.3 Å². The van der Waals surface area contributed by atoms with E-state index in [9.17, 15) is 14.4 Å². The van der Waals surface area contributed by atoms with E-state index in [-0.39, 0.29) is 48.6 Å². The molecule has 5 nitrogen and oxygen atoms in total. The molecular weight excluding hydrogens is 354 g/mol. The molecular formula is C20H18ClNO4. The van der Waals surface area contributed by atoms with E-state index in [2.05, 4.69) is 12.2 Å². The van der Waals surface area contributed by atoms with E-state index in [1.54, 1.807) is 24.3 Å². The number of rotatable bonds is 4. The highest BCUT2D eigenvalue weighted by molar-refractivity contribution is 6.31. The first-order valence-corrected chi connectivity index (χ1v) is 9.36. The first-order chi connectivity index (χ1) is 12.6. The fourth-order valence-electron chi connectivity index (χ4n) is 5.12. The van der Waals surface area contributed by atoms with Crippen LogP contribution in [0.2, 0.25) is 5.02 Å². The third kappa shape index (κ3) is 2.26. The zero-order valence-electron chi connectivity index (χ0n) is 14.0. The molecule has 2 saturated carbocycles. The Morgan fingerprint density at radius 2 is 1.69 bits per heavy atom. The van der Waals surface area contributed by atoms with Crippen molar-refractivity contribution >= 4 is 29.4 Å². The van der Waals surface area contributed by atoms with E-state index < -0.39 is 5.97 Å². The molecule has 1 saturated heterocycles. The van der Waals surface area contributed by atoms with Gasteiger partial charge in [0.15, 0.2) is 0 Å². The van der Waals surface area contributed by atoms with Gasteiger partial charge < -0.3 is 4.74 Å². The van der Waals surface area contributed by atoms with Gasteiger partial charge in [-0.25, -0.2) is 0 Å². The van der Waals surface area contributed by atoms with Crippen molar-refractivity contribution in [2.24, 2.45) is 35.5 Å². The van der Waals surface area contributed by atoms with Crippen LogP contribution in [0.15, 0.2) is 36.4 Å². The van der Waals surface area contributed by atoms with Crippen LogP contribution in [0.4, 0.5) is 0 Å². The first-order valence-electron chi connectivity index (χ1n) is 8.99. The Kier molecular flexibility index (Phi) is 3.51. The third-order valence-electron chi connectivity index (χ3n) is 6.39. The van der Waals surface area contributed by atoms with Crippen molar-refractivity contribution in [3.63, 3.8) is 0 Å². The normalized spacial score (nSPS) is 36.1. The number of carbonyl (C=O) groups excluding carboxylic acids is 3. The van der Waals surface area contributed by atoms with E-state index in [0.29, 0.717) is 22.4 Å². The summed E-state index contributed by atoms with van der Waals surface area (Å²) in [6.45, 7) is -0.289. The second kappa shape index (κ2) is 5.68. The van der Waals surface area contributed by atoms with E-state index in [1.807, 2.05) is 0 Å². The highest BCUT2D eigenvalue weighted by Gasteiger charge is 2.67. The van der Waals surface area contributed by atoms with Crippen LogP contribution in [0.5, 0.6) is 0 Å². The maximum atomic E-state index is 12.8. The van der Waals surface area contributed by atoms with Crippen molar-refractivity contribution in [3.8, 4) is 0 Å². The Morgan fingerprint density at radius 3 is 2.31 bits per heavy atom. The predicted octanol–water partition coefficient (Wildman–Crippen LogP) is 2.44. The minimum absolute atomic E-state index is 0.0263. The number of nitrogens with zero attached hydrogens (tertiary/aromatic N) is 1. The summed E-state index contributed by atoms with van der Waals surface area (Å²) < 4.78 is 5.23. The van der Waals surface area contributed by atoms with Crippen LogP contribution < -0.4 is 0 Å². The molecule has 5 aliphatic rings. The summed E-state index contributed by atoms with van der Waals surface area (Å²) in [7, 11) is 0. The summed E-state index contributed by atoms with van der Waals surface area (Å²) in [6.07, 6.45) is 5.35. The fourth-order valence-corrected chi connectivity index (χ4v) is 5.31. The number of esters is 1. The summed E-state index contributed by atoms with van der Waals surface area (Å²) in [5, 5.41) is 0.515. The lowest BCUT2D eigenvalue weighted by atomic mass is 9.63. The Balaban J connectivity index is 1.27. The molecule has 6 atom stereocenters. The van der Waals surface area contributed by atoms with Crippen LogP contribution in [0.25, 0.3) is 0 Å². The van der Waals surface area contributed by atoms with Gasteiger partial charge in [0.25, 0.3) is 0 Å². The zero-order chi connectivity index (χ0) is 18.0. The number of hydrogen-bond acceptors (Lipinski definition) is 4. The number of halogens is 1. The molecule has 0 N–H and O–H groups in total. The standard InChI is InChI=1S/C20H18ClNO4/c21-15-4-2-1-3-10(15)9-26-16(23)8-22-19(24)17-11-5-6-12(14-7-13(11)14)18(17)20(22)25/h1-6,11-14,17-18H,7-9H2/t11-,12-,13-,14+,17-,18+/m1/s1. The van der Waals surface area contributed by atoms with E-state index in [0.717, 1.165) is 11.3 Å². The van der Waals surface area contributed by atoms with Gasteiger partial charge >= 0.3 is 5.97 Å². The summed E-state index contributed by atoms with van der Waals surface area (Å²) in [6, 6.07) is 7.09. The highest BCUT2D eigenvalue weighted by atomic mass is 35.5. The largest absolute Gasteiger partial charge is 0.459 e. The molecule has 0 unspecified atom stereocenters. The van der Waals surface area contributed by atoms with E-state index in [4.69, 9.17) is 16.3 Å². The molecule has 1 aliphatic heterocycles. The maximum Gasteiger partial charge on any atom is 0.326 e. The minimum atomic E-state index is -0.587. The quantitative estimate of drug-likeness (QED) is 0.463. The molecule has 134 valence electrons. The number of hydrogen-bond donors (Lipinski definition) is 0. The highest BCUT2D eigenvalue weighted by Crippen LogP contribution is 2.65. The molecule has 3 fully saturated rings. The average molecular weight is 372 g/mol. The smallest absolute Gasteiger partial charge is 0.326 e. The van der Waals surface area contributed by atoms with Gasteiger partial charge in [0.1, 0.15) is 13.2 Å². The molecule has 0 aromatic heterocycles. The van der Waals surface area contributed by atoms with Gasteiger partial charge in [0.2, 0.25) is 11.8 Å². The van der Waals surface area contributed by atoms with E-state index >= 15 is 0 Å². The number of imide groups is 1. The molecule has 6 rings (SSSR count). The summed E-state index contributed by atoms with van der Waals surface area (Å²) in [5.41, 5.74) is 0.692. The average Bonchev–Trinajstić information content (AvgIpc) is 3.42. The van der Waals surface area contributed by atoms with Crippen LogP contribution >= 0.6 is 11.6 Å². The lowest BCUT2D eigenvalue weighted by Crippen LogP contribution is -2.40. The molecule has 2 bridgehead atoms. The first kappa shape index (κ1) is 16.1. The predicted molar refractivity (Wildman–Crippen MR) is 92.7 cm³/mol. The van der Waals surface area contributed by atoms with Gasteiger partial charge in [-0.1, -0.05) is 42.0 Å². The van der Waals surface area contributed by atoms with Crippen molar-refractivity contribution in [2.45, 2.75) is 13.0 Å². The van der Waals surface area contributed by atoms with Crippen LogP contribution in [-0.2, 0) is 25.7 Å². The number of amides is 2. The summed E-state index contributed by atoms with van der Waals surface area (Å²) in [4.78, 5) is 38.9. The van der Waals surface area contributed by atoms with Crippen LogP contribution in [-0.4, -0.2) is 29.2 Å². The lowest BCUT2D eigenvalue weighted by molar-refractivity contribution is -0.154. The molecule has 0 spiro atoms. The van der Waals surface area contributed by atoms with Crippen molar-refractivity contribution in [3.05, 3.63) is 47.0 Å². The van der Waals surface area contributed by atoms with Gasteiger partial charge in [-0.05, 0) is 36.2 Å². The molecule has 0 radical (unpaired) electrons. The number of likely N-dealkylation sites (tertiary alicyclic amines) is 1. The van der Waals surface area contributed by atoms with Crippen molar-refractivity contribution < 1.29 is 19.1 Å². The van der Waals surface area contributed by atoms with E-state index in [1.165, 1.54) is 0 Å². The van der Waals surface area contributed by atoms with Gasteiger partial charge in [-0.15, -0.1) is 0 Å². The van der Waals surface area contributed by atoms with Gasteiger partial charge in [0, 0.05) is 10.6 Å². The van der Waals surface area contributed by atoms with Crippen LogP contribution in [0.1, 0.15) is 12.0 Å². The van der Waals surface area contributed by atoms with Gasteiger partial charge in [0.05, 0.1) is 11.8 Å². The molecule has 6 heteroatoms. The fraction of sp³-hybridized carbons (Fsp3) is 0.450. The molecule has 26 heavy (non-hydrogen) atoms. The second-order valence-corrected chi connectivity index (χ2v) is 8.08. The second-order valence-electron chi connectivity index (χ2n) is 7.67. The maximum absolute atomic E-state index is 12.8. The van der Waals surface area contributed by atoms with Crippen molar-refractivity contribution in [2.75, 3.05) is 6.54 Å².